The normalized spacial score (nSPS) is 10.2. The molecule has 0 amide bonds. The van der Waals surface area contributed by atoms with Crippen LogP contribution in [0.5, 0.6) is 5.75 Å². The number of hydrogen-bond acceptors (Lipinski definition) is 5. The van der Waals surface area contributed by atoms with E-state index in [2.05, 4.69) is 18.7 Å². The zero-order valence-electron chi connectivity index (χ0n) is 11.1. The lowest BCUT2D eigenvalue weighted by molar-refractivity contribution is -0.384. The minimum Gasteiger partial charge on any atom is -0.491 e. The van der Waals surface area contributed by atoms with E-state index in [4.69, 9.17) is 10.00 Å². The van der Waals surface area contributed by atoms with Crippen LogP contribution in [0.3, 0.4) is 0 Å². The fraction of sp³-hybridized carbons (Fsp3) is 0.462. The maximum atomic E-state index is 10.6. The zero-order chi connectivity index (χ0) is 14.3. The summed E-state index contributed by atoms with van der Waals surface area (Å²) in [6.45, 7) is 7.21. The third-order valence-corrected chi connectivity index (χ3v) is 2.85. The fourth-order valence-corrected chi connectivity index (χ4v) is 1.67. The highest BCUT2D eigenvalue weighted by Gasteiger charge is 2.11. The lowest BCUT2D eigenvalue weighted by Crippen LogP contribution is -2.28. The lowest BCUT2D eigenvalue weighted by atomic mass is 10.2. The Morgan fingerprint density at radius 2 is 2.11 bits per heavy atom. The fourth-order valence-electron chi connectivity index (χ4n) is 1.67. The Labute approximate surface area is 112 Å². The number of nitrogens with zero attached hydrogens (tertiary/aromatic N) is 3. The molecule has 0 saturated carbocycles. The summed E-state index contributed by atoms with van der Waals surface area (Å²) < 4.78 is 5.51. The van der Waals surface area contributed by atoms with Crippen molar-refractivity contribution in [3.63, 3.8) is 0 Å². The van der Waals surface area contributed by atoms with Gasteiger partial charge in [0.05, 0.1) is 4.92 Å². The number of nitro groups is 1. The van der Waals surface area contributed by atoms with Crippen LogP contribution in [0, 0.1) is 21.4 Å². The van der Waals surface area contributed by atoms with Gasteiger partial charge < -0.3 is 9.64 Å². The highest BCUT2D eigenvalue weighted by molar-refractivity contribution is 5.50. The van der Waals surface area contributed by atoms with Crippen molar-refractivity contribution in [2.24, 2.45) is 0 Å². The van der Waals surface area contributed by atoms with E-state index >= 15 is 0 Å². The predicted molar refractivity (Wildman–Crippen MR) is 71.1 cm³/mol. The Morgan fingerprint density at radius 3 is 2.63 bits per heavy atom. The van der Waals surface area contributed by atoms with Crippen molar-refractivity contribution in [1.29, 1.82) is 5.26 Å². The molecule has 0 aliphatic heterocycles. The van der Waals surface area contributed by atoms with Gasteiger partial charge in [0, 0.05) is 18.7 Å². The molecule has 6 nitrogen and oxygen atoms in total. The number of ether oxygens (including phenoxy) is 1. The number of hydrogen-bond donors (Lipinski definition) is 0. The van der Waals surface area contributed by atoms with E-state index in [0.717, 1.165) is 19.6 Å². The van der Waals surface area contributed by atoms with Gasteiger partial charge in [0.25, 0.3) is 5.69 Å². The number of benzene rings is 1. The van der Waals surface area contributed by atoms with Crippen molar-refractivity contribution in [1.82, 2.24) is 4.90 Å². The molecular formula is C13H17N3O3. The summed E-state index contributed by atoms with van der Waals surface area (Å²) in [6, 6.07) is 5.95. The van der Waals surface area contributed by atoms with Gasteiger partial charge in [-0.05, 0) is 19.2 Å². The first-order valence-corrected chi connectivity index (χ1v) is 6.16. The minimum atomic E-state index is -0.527. The number of nitriles is 1. The smallest absolute Gasteiger partial charge is 0.271 e. The second kappa shape index (κ2) is 7.34. The molecule has 0 atom stereocenters. The molecule has 0 aromatic heterocycles. The van der Waals surface area contributed by atoms with Gasteiger partial charge in [-0.25, -0.2) is 0 Å². The van der Waals surface area contributed by atoms with E-state index in [1.165, 1.54) is 18.2 Å². The van der Waals surface area contributed by atoms with Gasteiger partial charge in [0.1, 0.15) is 24.0 Å². The largest absolute Gasteiger partial charge is 0.491 e. The van der Waals surface area contributed by atoms with Crippen LogP contribution in [-0.4, -0.2) is 36.1 Å². The average molecular weight is 263 g/mol. The van der Waals surface area contributed by atoms with Crippen LogP contribution in [0.1, 0.15) is 19.4 Å². The Balaban J connectivity index is 2.69. The van der Waals surface area contributed by atoms with E-state index in [1.54, 1.807) is 0 Å². The van der Waals surface area contributed by atoms with Crippen molar-refractivity contribution < 1.29 is 9.66 Å². The molecule has 0 N–H and O–H groups in total. The molecule has 0 radical (unpaired) electrons. The average Bonchev–Trinajstić information content (AvgIpc) is 2.43. The molecular weight excluding hydrogens is 246 g/mol. The molecule has 6 heteroatoms. The quantitative estimate of drug-likeness (QED) is 0.556. The second-order valence-corrected chi connectivity index (χ2v) is 3.92. The van der Waals surface area contributed by atoms with E-state index in [0.29, 0.717) is 12.4 Å². The molecule has 19 heavy (non-hydrogen) atoms. The molecule has 0 aliphatic rings. The topological polar surface area (TPSA) is 79.4 Å². The molecule has 0 unspecified atom stereocenters. The first-order chi connectivity index (χ1) is 9.12. The predicted octanol–water partition coefficient (Wildman–Crippen LogP) is 2.19. The first kappa shape index (κ1) is 14.9. The Kier molecular flexibility index (Phi) is 5.76. The van der Waals surface area contributed by atoms with Gasteiger partial charge in [-0.15, -0.1) is 0 Å². The van der Waals surface area contributed by atoms with Crippen molar-refractivity contribution >= 4 is 5.69 Å². The van der Waals surface area contributed by atoms with Gasteiger partial charge in [-0.3, -0.25) is 10.1 Å². The third-order valence-electron chi connectivity index (χ3n) is 2.85. The van der Waals surface area contributed by atoms with Crippen molar-refractivity contribution in [3.05, 3.63) is 33.9 Å². The summed E-state index contributed by atoms with van der Waals surface area (Å²) in [5, 5.41) is 19.6. The van der Waals surface area contributed by atoms with Crippen LogP contribution in [0.25, 0.3) is 0 Å². The molecule has 1 aromatic carbocycles. The highest BCUT2D eigenvalue weighted by Crippen LogP contribution is 2.23. The molecule has 0 bridgehead atoms. The molecule has 0 spiro atoms. The van der Waals surface area contributed by atoms with Crippen LogP contribution >= 0.6 is 0 Å². The number of likely N-dealkylation sites (N-methyl/N-ethyl adjacent to an activating group) is 1. The summed E-state index contributed by atoms with van der Waals surface area (Å²) >= 11 is 0. The molecule has 1 rings (SSSR count). The van der Waals surface area contributed by atoms with Gasteiger partial charge in [-0.1, -0.05) is 13.8 Å². The van der Waals surface area contributed by atoms with Crippen LogP contribution in [0.15, 0.2) is 18.2 Å². The van der Waals surface area contributed by atoms with Gasteiger partial charge in [0.2, 0.25) is 0 Å². The third kappa shape index (κ3) is 4.23. The van der Waals surface area contributed by atoms with Crippen LogP contribution in [-0.2, 0) is 0 Å². The van der Waals surface area contributed by atoms with Gasteiger partial charge in [-0.2, -0.15) is 5.26 Å². The molecule has 0 fully saturated rings. The van der Waals surface area contributed by atoms with E-state index in [1.807, 2.05) is 6.07 Å². The van der Waals surface area contributed by atoms with Crippen LogP contribution in [0.2, 0.25) is 0 Å². The minimum absolute atomic E-state index is 0.104. The maximum Gasteiger partial charge on any atom is 0.271 e. The first-order valence-electron chi connectivity index (χ1n) is 6.16. The number of nitro benzene ring substituents is 1. The summed E-state index contributed by atoms with van der Waals surface area (Å²) in [6.07, 6.45) is 0. The monoisotopic (exact) mass is 263 g/mol. The molecule has 0 saturated heterocycles. The zero-order valence-corrected chi connectivity index (χ0v) is 11.1. The number of rotatable bonds is 7. The van der Waals surface area contributed by atoms with E-state index in [-0.39, 0.29) is 11.3 Å². The van der Waals surface area contributed by atoms with Crippen LogP contribution in [0.4, 0.5) is 5.69 Å². The standard InChI is InChI=1S/C13H17N3O3/c1-3-15(4-2)7-8-19-13-6-5-12(16(17)18)9-11(13)10-14/h5-6,9H,3-4,7-8H2,1-2H3. The summed E-state index contributed by atoms with van der Waals surface area (Å²) in [5.74, 6) is 0.389. The Hall–Kier alpha value is -2.13. The Morgan fingerprint density at radius 1 is 1.42 bits per heavy atom. The van der Waals surface area contributed by atoms with E-state index < -0.39 is 4.92 Å². The second-order valence-electron chi connectivity index (χ2n) is 3.92. The Bertz CT molecular complexity index is 479. The molecule has 0 heterocycles. The van der Waals surface area contributed by atoms with Crippen molar-refractivity contribution in [2.75, 3.05) is 26.2 Å². The van der Waals surface area contributed by atoms with Crippen molar-refractivity contribution in [3.8, 4) is 11.8 Å². The lowest BCUT2D eigenvalue weighted by Gasteiger charge is -2.18. The number of non-ortho nitro benzene ring substituents is 1. The maximum absolute atomic E-state index is 10.6. The van der Waals surface area contributed by atoms with Crippen LogP contribution < -0.4 is 4.74 Å². The molecule has 1 aromatic rings. The summed E-state index contributed by atoms with van der Waals surface area (Å²) in [7, 11) is 0. The van der Waals surface area contributed by atoms with E-state index in [9.17, 15) is 10.1 Å². The SMILES string of the molecule is CCN(CC)CCOc1ccc([N+](=O)[O-])cc1C#N. The summed E-state index contributed by atoms with van der Waals surface area (Å²) in [5.41, 5.74) is 0.0846. The van der Waals surface area contributed by atoms with Crippen molar-refractivity contribution in [2.45, 2.75) is 13.8 Å². The molecule has 0 aliphatic carbocycles. The van der Waals surface area contributed by atoms with Gasteiger partial charge >= 0.3 is 0 Å². The summed E-state index contributed by atoms with van der Waals surface area (Å²) in [4.78, 5) is 12.3. The van der Waals surface area contributed by atoms with Gasteiger partial charge in [0.15, 0.2) is 0 Å². The molecule has 102 valence electrons. The highest BCUT2D eigenvalue weighted by atomic mass is 16.6.